The van der Waals surface area contributed by atoms with E-state index in [0.717, 1.165) is 5.41 Å². The van der Waals surface area contributed by atoms with Crippen LogP contribution in [0.3, 0.4) is 0 Å². The number of carbonyl (C=O) groups excluding carboxylic acids is 2. The zero-order valence-corrected chi connectivity index (χ0v) is 16.3. The molecule has 146 valence electrons. The monoisotopic (exact) mass is 400 g/mol. The summed E-state index contributed by atoms with van der Waals surface area (Å²) in [6.45, 7) is 0. The van der Waals surface area contributed by atoms with Crippen LogP contribution in [0.2, 0.25) is 0 Å². The highest BCUT2D eigenvalue weighted by Crippen LogP contribution is 2.52. The second-order valence-corrected chi connectivity index (χ2v) is 8.38. The molecule has 2 aromatic carbocycles. The molecule has 0 aliphatic carbocycles. The van der Waals surface area contributed by atoms with Gasteiger partial charge in [0.05, 0.1) is 20.0 Å². The Morgan fingerprint density at radius 3 is 1.89 bits per heavy atom. The van der Waals surface area contributed by atoms with Gasteiger partial charge in [-0.15, -0.1) is 0 Å². The molecule has 0 radical (unpaired) electrons. The molecule has 7 heteroatoms. The highest BCUT2D eigenvalue weighted by Gasteiger charge is 2.61. The SMILES string of the molecule is COC(=O)C1(C(=O)OC)C(c2ccccc2)=CS(=O)(=O)CC1c1ccccc1. The van der Waals surface area contributed by atoms with E-state index in [1.807, 2.05) is 0 Å². The Hall–Kier alpha value is -2.93. The minimum absolute atomic E-state index is 0.0481. The highest BCUT2D eigenvalue weighted by atomic mass is 32.2. The van der Waals surface area contributed by atoms with Crippen molar-refractivity contribution in [2.45, 2.75) is 5.92 Å². The minimum atomic E-state index is -3.71. The second kappa shape index (κ2) is 7.59. The topological polar surface area (TPSA) is 86.7 Å². The maximum atomic E-state index is 13.1. The van der Waals surface area contributed by atoms with Crippen molar-refractivity contribution in [3.63, 3.8) is 0 Å². The third-order valence-corrected chi connectivity index (χ3v) is 6.34. The van der Waals surface area contributed by atoms with Crippen molar-refractivity contribution in [3.8, 4) is 0 Å². The van der Waals surface area contributed by atoms with Crippen molar-refractivity contribution in [2.24, 2.45) is 5.41 Å². The second-order valence-electron chi connectivity index (χ2n) is 6.48. The van der Waals surface area contributed by atoms with Crippen LogP contribution >= 0.6 is 0 Å². The maximum absolute atomic E-state index is 13.1. The van der Waals surface area contributed by atoms with Gasteiger partial charge in [-0.1, -0.05) is 60.7 Å². The summed E-state index contributed by atoms with van der Waals surface area (Å²) in [6, 6.07) is 17.1. The molecule has 0 amide bonds. The fourth-order valence-electron chi connectivity index (χ4n) is 3.72. The zero-order chi connectivity index (χ0) is 20.4. The lowest BCUT2D eigenvalue weighted by Gasteiger charge is -2.40. The summed E-state index contributed by atoms with van der Waals surface area (Å²) in [5.41, 5.74) is -0.935. The fourth-order valence-corrected chi connectivity index (χ4v) is 5.40. The van der Waals surface area contributed by atoms with E-state index in [4.69, 9.17) is 9.47 Å². The number of benzene rings is 2. The smallest absolute Gasteiger partial charge is 0.328 e. The number of hydrogen-bond donors (Lipinski definition) is 0. The van der Waals surface area contributed by atoms with Crippen LogP contribution in [0.15, 0.2) is 66.1 Å². The van der Waals surface area contributed by atoms with Crippen molar-refractivity contribution in [2.75, 3.05) is 20.0 Å². The molecule has 1 heterocycles. The van der Waals surface area contributed by atoms with E-state index in [1.165, 1.54) is 14.2 Å². The van der Waals surface area contributed by atoms with Gasteiger partial charge in [-0.3, -0.25) is 9.59 Å². The average Bonchev–Trinajstić information content (AvgIpc) is 2.73. The van der Waals surface area contributed by atoms with Gasteiger partial charge in [0, 0.05) is 11.3 Å². The van der Waals surface area contributed by atoms with Crippen LogP contribution in [0, 0.1) is 5.41 Å². The Labute approximate surface area is 163 Å². The Kier molecular flexibility index (Phi) is 5.38. The van der Waals surface area contributed by atoms with Gasteiger partial charge in [0.25, 0.3) is 0 Å². The molecular weight excluding hydrogens is 380 g/mol. The van der Waals surface area contributed by atoms with E-state index >= 15 is 0 Å². The van der Waals surface area contributed by atoms with E-state index < -0.39 is 38.9 Å². The predicted octanol–water partition coefficient (Wildman–Crippen LogP) is 2.57. The van der Waals surface area contributed by atoms with Gasteiger partial charge in [-0.25, -0.2) is 8.42 Å². The predicted molar refractivity (Wildman–Crippen MR) is 104 cm³/mol. The zero-order valence-electron chi connectivity index (χ0n) is 15.5. The van der Waals surface area contributed by atoms with Crippen LogP contribution in [0.1, 0.15) is 17.0 Å². The molecule has 1 aliphatic heterocycles. The molecular formula is C21H20O6S. The van der Waals surface area contributed by atoms with Crippen LogP contribution < -0.4 is 0 Å². The van der Waals surface area contributed by atoms with E-state index in [9.17, 15) is 18.0 Å². The normalized spacial score (nSPS) is 19.9. The molecule has 0 N–H and O–H groups in total. The Morgan fingerprint density at radius 1 is 0.893 bits per heavy atom. The van der Waals surface area contributed by atoms with Gasteiger partial charge in [0.15, 0.2) is 15.3 Å². The molecule has 1 unspecified atom stereocenters. The van der Waals surface area contributed by atoms with Crippen LogP contribution in [0.5, 0.6) is 0 Å². The molecule has 1 aliphatic rings. The molecule has 0 aromatic heterocycles. The van der Waals surface area contributed by atoms with Gasteiger partial charge in [0.2, 0.25) is 0 Å². The molecule has 1 atom stereocenters. The van der Waals surface area contributed by atoms with Gasteiger partial charge in [-0.2, -0.15) is 0 Å². The van der Waals surface area contributed by atoms with E-state index in [-0.39, 0.29) is 5.57 Å². The van der Waals surface area contributed by atoms with Crippen LogP contribution in [0.4, 0.5) is 0 Å². The first-order valence-corrected chi connectivity index (χ1v) is 10.3. The molecule has 28 heavy (non-hydrogen) atoms. The van der Waals surface area contributed by atoms with Gasteiger partial charge < -0.3 is 9.47 Å². The van der Waals surface area contributed by atoms with Crippen molar-refractivity contribution in [3.05, 3.63) is 77.2 Å². The fraction of sp³-hybridized carbons (Fsp3) is 0.238. The van der Waals surface area contributed by atoms with Gasteiger partial charge in [0.1, 0.15) is 0 Å². The first-order chi connectivity index (χ1) is 13.4. The average molecular weight is 400 g/mol. The summed E-state index contributed by atoms with van der Waals surface area (Å²) in [5, 5.41) is 0.996. The molecule has 0 saturated heterocycles. The van der Waals surface area contributed by atoms with Crippen molar-refractivity contribution in [1.29, 1.82) is 0 Å². The lowest BCUT2D eigenvalue weighted by molar-refractivity contribution is -0.165. The van der Waals surface area contributed by atoms with Crippen molar-refractivity contribution >= 4 is 27.3 Å². The summed E-state index contributed by atoms with van der Waals surface area (Å²) >= 11 is 0. The van der Waals surface area contributed by atoms with Crippen molar-refractivity contribution < 1.29 is 27.5 Å². The van der Waals surface area contributed by atoms with Crippen LogP contribution in [-0.4, -0.2) is 40.3 Å². The maximum Gasteiger partial charge on any atom is 0.328 e. The number of hydrogen-bond acceptors (Lipinski definition) is 6. The number of carbonyl (C=O) groups is 2. The largest absolute Gasteiger partial charge is 0.468 e. The van der Waals surface area contributed by atoms with Crippen LogP contribution in [-0.2, 0) is 28.9 Å². The molecule has 6 nitrogen and oxygen atoms in total. The summed E-state index contributed by atoms with van der Waals surface area (Å²) < 4.78 is 35.5. The quantitative estimate of drug-likeness (QED) is 0.579. The summed E-state index contributed by atoms with van der Waals surface area (Å²) in [5.74, 6) is -3.15. The van der Waals surface area contributed by atoms with Gasteiger partial charge >= 0.3 is 11.9 Å². The first kappa shape index (κ1) is 19.8. The number of esters is 2. The lowest BCUT2D eigenvalue weighted by atomic mass is 9.66. The Morgan fingerprint density at radius 2 is 1.39 bits per heavy atom. The van der Waals surface area contributed by atoms with Crippen LogP contribution in [0.25, 0.3) is 5.57 Å². The number of sulfone groups is 1. The summed E-state index contributed by atoms with van der Waals surface area (Å²) in [6.07, 6.45) is 0. The highest BCUT2D eigenvalue weighted by molar-refractivity contribution is 7.94. The lowest BCUT2D eigenvalue weighted by Crippen LogP contribution is -2.51. The number of rotatable bonds is 4. The molecule has 0 spiro atoms. The van der Waals surface area contributed by atoms with E-state index in [2.05, 4.69) is 0 Å². The summed E-state index contributed by atoms with van der Waals surface area (Å²) in [4.78, 5) is 26.2. The standard InChI is InChI=1S/C21H20O6S/c1-26-19(22)21(20(23)27-2)17(15-9-5-3-6-10-15)13-28(24,25)14-18(21)16-11-7-4-8-12-16/h3-13,18H,14H2,1-2H3. The summed E-state index contributed by atoms with van der Waals surface area (Å²) in [7, 11) is -1.37. The van der Waals surface area contributed by atoms with E-state index in [1.54, 1.807) is 60.7 Å². The minimum Gasteiger partial charge on any atom is -0.468 e. The number of ether oxygens (including phenoxy) is 2. The Balaban J connectivity index is 2.42. The Bertz CT molecular complexity index is 993. The molecule has 0 fully saturated rings. The third-order valence-electron chi connectivity index (χ3n) is 4.95. The first-order valence-electron chi connectivity index (χ1n) is 8.59. The van der Waals surface area contributed by atoms with E-state index in [0.29, 0.717) is 11.1 Å². The number of methoxy groups -OCH3 is 2. The molecule has 3 rings (SSSR count). The molecule has 2 aromatic rings. The van der Waals surface area contributed by atoms with Crippen molar-refractivity contribution in [1.82, 2.24) is 0 Å². The molecule has 0 bridgehead atoms. The third kappa shape index (κ3) is 3.22. The van der Waals surface area contributed by atoms with Gasteiger partial charge in [-0.05, 0) is 16.7 Å². The molecule has 0 saturated carbocycles.